The van der Waals surface area contributed by atoms with Crippen LogP contribution in [0, 0.1) is 11.8 Å². The lowest BCUT2D eigenvalue weighted by Crippen LogP contribution is -2.25. The summed E-state index contributed by atoms with van der Waals surface area (Å²) in [5.74, 6) is 1.54. The molecule has 0 spiro atoms. The van der Waals surface area contributed by atoms with Gasteiger partial charge in [-0.15, -0.1) is 0 Å². The van der Waals surface area contributed by atoms with E-state index in [-0.39, 0.29) is 0 Å². The summed E-state index contributed by atoms with van der Waals surface area (Å²) < 4.78 is 0. The molecule has 1 aliphatic carbocycles. The van der Waals surface area contributed by atoms with Gasteiger partial charge in [0.1, 0.15) is 0 Å². The van der Waals surface area contributed by atoms with Crippen LogP contribution in [0.3, 0.4) is 0 Å². The van der Waals surface area contributed by atoms with Crippen molar-refractivity contribution in [3.8, 4) is 0 Å². The number of hydrogen-bond acceptors (Lipinski definition) is 2. The second kappa shape index (κ2) is 5.30. The number of nitrogens with one attached hydrogen (secondary N) is 2. The van der Waals surface area contributed by atoms with Crippen molar-refractivity contribution < 1.29 is 0 Å². The Morgan fingerprint density at radius 2 is 2.44 bits per heavy atom. The Kier molecular flexibility index (Phi) is 3.78. The maximum absolute atomic E-state index is 3.94. The van der Waals surface area contributed by atoms with Crippen molar-refractivity contribution >= 4 is 0 Å². The van der Waals surface area contributed by atoms with Crippen LogP contribution in [0.2, 0.25) is 0 Å². The molecule has 3 nitrogen and oxygen atoms in total. The predicted octanol–water partition coefficient (Wildman–Crippen LogP) is 2.49. The van der Waals surface area contributed by atoms with Crippen molar-refractivity contribution in [1.82, 2.24) is 15.5 Å². The third kappa shape index (κ3) is 3.20. The lowest BCUT2D eigenvalue weighted by atomic mass is 9.84. The third-order valence-electron chi connectivity index (χ3n) is 3.20. The normalized spacial score (nSPS) is 25.5. The topological polar surface area (TPSA) is 40.7 Å². The maximum atomic E-state index is 3.94. The summed E-state index contributed by atoms with van der Waals surface area (Å²) in [4.78, 5) is 0. The Labute approximate surface area is 97.3 Å². The number of aromatic nitrogens is 2. The highest BCUT2D eigenvalue weighted by atomic mass is 15.1. The quantitative estimate of drug-likeness (QED) is 0.764. The summed E-state index contributed by atoms with van der Waals surface area (Å²) >= 11 is 0. The molecular weight excluding hydrogens is 198 g/mol. The second-order valence-corrected chi connectivity index (χ2v) is 5.03. The first-order valence-corrected chi connectivity index (χ1v) is 6.09. The minimum absolute atomic E-state index is 0.745. The Morgan fingerprint density at radius 1 is 1.56 bits per heavy atom. The van der Waals surface area contributed by atoms with Crippen LogP contribution >= 0.6 is 0 Å². The molecule has 1 aromatic rings. The number of hydrogen-bond donors (Lipinski definition) is 2. The number of rotatable bonds is 4. The summed E-state index contributed by atoms with van der Waals surface area (Å²) in [6, 6.07) is 0. The summed E-state index contributed by atoms with van der Waals surface area (Å²) in [7, 11) is 0. The van der Waals surface area contributed by atoms with Crippen molar-refractivity contribution in [2.45, 2.75) is 33.2 Å². The molecule has 0 aromatic carbocycles. The molecule has 0 saturated carbocycles. The average molecular weight is 219 g/mol. The maximum Gasteiger partial charge on any atom is 0.0532 e. The van der Waals surface area contributed by atoms with E-state index in [1.165, 1.54) is 18.4 Å². The molecule has 2 N–H and O–H groups in total. The Morgan fingerprint density at radius 3 is 3.12 bits per heavy atom. The van der Waals surface area contributed by atoms with E-state index in [4.69, 9.17) is 0 Å². The van der Waals surface area contributed by atoms with Crippen LogP contribution in [0.4, 0.5) is 0 Å². The smallest absolute Gasteiger partial charge is 0.0532 e. The zero-order valence-electron chi connectivity index (χ0n) is 10.2. The fourth-order valence-electron chi connectivity index (χ4n) is 2.64. The minimum Gasteiger partial charge on any atom is -0.312 e. The van der Waals surface area contributed by atoms with E-state index in [2.05, 4.69) is 35.4 Å². The molecule has 2 atom stereocenters. The molecule has 88 valence electrons. The second-order valence-electron chi connectivity index (χ2n) is 5.03. The molecule has 16 heavy (non-hydrogen) atoms. The predicted molar refractivity (Wildman–Crippen MR) is 65.9 cm³/mol. The summed E-state index contributed by atoms with van der Waals surface area (Å²) in [5.41, 5.74) is 2.78. The largest absolute Gasteiger partial charge is 0.312 e. The van der Waals surface area contributed by atoms with Gasteiger partial charge in [0.15, 0.2) is 0 Å². The zero-order chi connectivity index (χ0) is 11.4. The van der Waals surface area contributed by atoms with Gasteiger partial charge in [-0.25, -0.2) is 0 Å². The molecular formula is C13H21N3. The van der Waals surface area contributed by atoms with Gasteiger partial charge in [0.05, 0.1) is 6.20 Å². The first-order valence-electron chi connectivity index (χ1n) is 6.09. The minimum atomic E-state index is 0.745. The van der Waals surface area contributed by atoms with Crippen LogP contribution in [0.1, 0.15) is 32.3 Å². The molecule has 1 aliphatic rings. The van der Waals surface area contributed by atoms with Crippen molar-refractivity contribution in [3.05, 3.63) is 29.6 Å². The van der Waals surface area contributed by atoms with E-state index < -0.39 is 0 Å². The van der Waals surface area contributed by atoms with Crippen LogP contribution in [-0.2, 0) is 6.54 Å². The van der Waals surface area contributed by atoms with E-state index in [1.807, 2.05) is 12.4 Å². The molecule has 1 heterocycles. The zero-order valence-corrected chi connectivity index (χ0v) is 10.2. The monoisotopic (exact) mass is 219 g/mol. The average Bonchev–Trinajstić information content (AvgIpc) is 2.69. The first kappa shape index (κ1) is 11.4. The van der Waals surface area contributed by atoms with Crippen molar-refractivity contribution in [2.24, 2.45) is 11.8 Å². The molecule has 0 bridgehead atoms. The van der Waals surface area contributed by atoms with Gasteiger partial charge >= 0.3 is 0 Å². The third-order valence-corrected chi connectivity index (χ3v) is 3.20. The van der Waals surface area contributed by atoms with Crippen LogP contribution in [0.15, 0.2) is 24.0 Å². The van der Waals surface area contributed by atoms with Gasteiger partial charge in [-0.05, 0) is 38.1 Å². The van der Waals surface area contributed by atoms with Gasteiger partial charge in [-0.3, -0.25) is 5.10 Å². The summed E-state index contributed by atoms with van der Waals surface area (Å²) in [6.07, 6.45) is 8.80. The molecule has 2 rings (SSSR count). The van der Waals surface area contributed by atoms with E-state index in [1.54, 1.807) is 5.57 Å². The van der Waals surface area contributed by atoms with Gasteiger partial charge < -0.3 is 5.32 Å². The molecule has 0 radical (unpaired) electrons. The van der Waals surface area contributed by atoms with Crippen LogP contribution in [0.5, 0.6) is 0 Å². The fraction of sp³-hybridized carbons (Fsp3) is 0.615. The standard InChI is InChI=1S/C13H21N3/c1-10-3-11(2)5-12(4-10)6-14-7-13-8-15-16-9-13/h3,8-10,12,14H,4-7H2,1-2H3,(H,15,16). The molecule has 0 amide bonds. The Hall–Kier alpha value is -1.09. The molecule has 3 heteroatoms. The molecule has 1 aromatic heterocycles. The van der Waals surface area contributed by atoms with Gasteiger partial charge in [-0.2, -0.15) is 5.10 Å². The van der Waals surface area contributed by atoms with E-state index >= 15 is 0 Å². The number of allylic oxidation sites excluding steroid dienone is 2. The highest BCUT2D eigenvalue weighted by Gasteiger charge is 2.17. The first-order chi connectivity index (χ1) is 7.74. The van der Waals surface area contributed by atoms with Crippen molar-refractivity contribution in [2.75, 3.05) is 6.54 Å². The van der Waals surface area contributed by atoms with E-state index in [0.717, 1.165) is 24.9 Å². The molecule has 2 unspecified atom stereocenters. The van der Waals surface area contributed by atoms with E-state index in [9.17, 15) is 0 Å². The van der Waals surface area contributed by atoms with Crippen LogP contribution in [-0.4, -0.2) is 16.7 Å². The summed E-state index contributed by atoms with van der Waals surface area (Å²) in [6.45, 7) is 6.59. The lowest BCUT2D eigenvalue weighted by molar-refractivity contribution is 0.381. The van der Waals surface area contributed by atoms with Gasteiger partial charge in [0.25, 0.3) is 0 Å². The Bertz CT molecular complexity index is 340. The molecule has 0 saturated heterocycles. The fourth-order valence-corrected chi connectivity index (χ4v) is 2.64. The number of aromatic amines is 1. The number of nitrogens with zero attached hydrogens (tertiary/aromatic N) is 1. The van der Waals surface area contributed by atoms with Crippen LogP contribution in [0.25, 0.3) is 0 Å². The van der Waals surface area contributed by atoms with Gasteiger partial charge in [-0.1, -0.05) is 18.6 Å². The molecule has 0 fully saturated rings. The highest BCUT2D eigenvalue weighted by molar-refractivity contribution is 5.06. The van der Waals surface area contributed by atoms with Crippen molar-refractivity contribution in [1.29, 1.82) is 0 Å². The van der Waals surface area contributed by atoms with Gasteiger partial charge in [0, 0.05) is 18.3 Å². The summed E-state index contributed by atoms with van der Waals surface area (Å²) in [5, 5.41) is 10.3. The highest BCUT2D eigenvalue weighted by Crippen LogP contribution is 2.27. The Balaban J connectivity index is 1.73. The van der Waals surface area contributed by atoms with Crippen molar-refractivity contribution in [3.63, 3.8) is 0 Å². The lowest BCUT2D eigenvalue weighted by Gasteiger charge is -2.25. The van der Waals surface area contributed by atoms with E-state index in [0.29, 0.717) is 0 Å². The molecule has 0 aliphatic heterocycles. The SMILES string of the molecule is CC1=CC(C)CC(CNCc2cn[nH]c2)C1. The van der Waals surface area contributed by atoms with Crippen LogP contribution < -0.4 is 5.32 Å². The van der Waals surface area contributed by atoms with Gasteiger partial charge in [0.2, 0.25) is 0 Å². The number of H-pyrrole nitrogens is 1.